The molecule has 1 aromatic rings. The molecule has 0 aromatic heterocycles. The minimum Gasteiger partial charge on any atom is -0.393 e. The van der Waals surface area contributed by atoms with Gasteiger partial charge in [0.1, 0.15) is 5.82 Å². The van der Waals surface area contributed by atoms with Crippen molar-refractivity contribution in [2.24, 2.45) is 5.73 Å². The van der Waals surface area contributed by atoms with Gasteiger partial charge in [-0.1, -0.05) is 22.0 Å². The fourth-order valence-electron chi connectivity index (χ4n) is 1.59. The van der Waals surface area contributed by atoms with Gasteiger partial charge in [0.15, 0.2) is 0 Å². The molecular formula is C11H15BrFNO. The maximum absolute atomic E-state index is 12.9. The zero-order valence-corrected chi connectivity index (χ0v) is 10.2. The molecule has 15 heavy (non-hydrogen) atoms. The normalized spacial score (nSPS) is 15.0. The Balaban J connectivity index is 2.91. The summed E-state index contributed by atoms with van der Waals surface area (Å²) >= 11 is 3.30. The van der Waals surface area contributed by atoms with Gasteiger partial charge in [0.25, 0.3) is 0 Å². The third-order valence-corrected chi connectivity index (χ3v) is 3.00. The quantitative estimate of drug-likeness (QED) is 0.887. The van der Waals surface area contributed by atoms with Crippen LogP contribution in [0, 0.1) is 5.82 Å². The van der Waals surface area contributed by atoms with Crippen LogP contribution in [0.5, 0.6) is 0 Å². The lowest BCUT2D eigenvalue weighted by Gasteiger charge is -2.18. The molecule has 1 rings (SSSR count). The fourth-order valence-corrected chi connectivity index (χ4v) is 2.27. The van der Waals surface area contributed by atoms with E-state index in [-0.39, 0.29) is 11.7 Å². The average molecular weight is 276 g/mol. The molecule has 0 amide bonds. The highest BCUT2D eigenvalue weighted by molar-refractivity contribution is 9.10. The molecule has 2 unspecified atom stereocenters. The van der Waals surface area contributed by atoms with E-state index in [2.05, 4.69) is 15.9 Å². The van der Waals surface area contributed by atoms with Crippen molar-refractivity contribution in [2.75, 3.05) is 6.54 Å². The molecule has 0 saturated carbocycles. The molecule has 2 atom stereocenters. The lowest BCUT2D eigenvalue weighted by atomic mass is 9.93. The smallest absolute Gasteiger partial charge is 0.124 e. The second-order valence-corrected chi connectivity index (χ2v) is 4.54. The van der Waals surface area contributed by atoms with Gasteiger partial charge >= 0.3 is 0 Å². The molecule has 84 valence electrons. The fraction of sp³-hybridized carbons (Fsp3) is 0.455. The summed E-state index contributed by atoms with van der Waals surface area (Å²) in [5.74, 6) is -0.224. The number of nitrogens with two attached hydrogens (primary N) is 1. The Morgan fingerprint density at radius 1 is 1.53 bits per heavy atom. The topological polar surface area (TPSA) is 46.2 Å². The molecule has 3 N–H and O–H groups in total. The van der Waals surface area contributed by atoms with Crippen LogP contribution in [0.1, 0.15) is 24.8 Å². The molecule has 2 nitrogen and oxygen atoms in total. The molecule has 0 fully saturated rings. The Bertz CT molecular complexity index is 330. The minimum absolute atomic E-state index is 0.0555. The van der Waals surface area contributed by atoms with Crippen LogP contribution in [-0.4, -0.2) is 17.8 Å². The van der Waals surface area contributed by atoms with Crippen LogP contribution in [0.3, 0.4) is 0 Å². The van der Waals surface area contributed by atoms with E-state index in [1.807, 2.05) is 0 Å². The molecule has 0 spiro atoms. The van der Waals surface area contributed by atoms with E-state index in [1.165, 1.54) is 12.1 Å². The van der Waals surface area contributed by atoms with Crippen molar-refractivity contribution in [1.82, 2.24) is 0 Å². The van der Waals surface area contributed by atoms with Gasteiger partial charge < -0.3 is 10.8 Å². The van der Waals surface area contributed by atoms with E-state index < -0.39 is 6.10 Å². The summed E-state index contributed by atoms with van der Waals surface area (Å²) < 4.78 is 13.6. The zero-order chi connectivity index (χ0) is 11.4. The largest absolute Gasteiger partial charge is 0.393 e. The first-order valence-corrected chi connectivity index (χ1v) is 5.67. The lowest BCUT2D eigenvalue weighted by molar-refractivity contribution is 0.175. The Kier molecular flexibility index (Phi) is 4.70. The molecule has 0 aliphatic heterocycles. The van der Waals surface area contributed by atoms with Crippen molar-refractivity contribution in [2.45, 2.75) is 25.4 Å². The van der Waals surface area contributed by atoms with Crippen LogP contribution >= 0.6 is 15.9 Å². The second-order valence-electron chi connectivity index (χ2n) is 3.68. The molecule has 0 radical (unpaired) electrons. The third-order valence-electron chi connectivity index (χ3n) is 2.31. The zero-order valence-electron chi connectivity index (χ0n) is 8.58. The monoisotopic (exact) mass is 275 g/mol. The van der Waals surface area contributed by atoms with E-state index in [4.69, 9.17) is 5.73 Å². The molecule has 0 aliphatic rings. The van der Waals surface area contributed by atoms with E-state index in [0.717, 1.165) is 5.56 Å². The van der Waals surface area contributed by atoms with Gasteiger partial charge in [-0.25, -0.2) is 4.39 Å². The Morgan fingerprint density at radius 2 is 2.20 bits per heavy atom. The summed E-state index contributed by atoms with van der Waals surface area (Å²) in [5.41, 5.74) is 6.58. The number of hydrogen-bond acceptors (Lipinski definition) is 2. The van der Waals surface area contributed by atoms with Gasteiger partial charge in [0.05, 0.1) is 6.10 Å². The van der Waals surface area contributed by atoms with Crippen molar-refractivity contribution < 1.29 is 9.50 Å². The highest BCUT2D eigenvalue weighted by atomic mass is 79.9. The number of benzene rings is 1. The highest BCUT2D eigenvalue weighted by Gasteiger charge is 2.15. The Labute approximate surface area is 97.4 Å². The second kappa shape index (κ2) is 5.58. The molecule has 0 bridgehead atoms. The van der Waals surface area contributed by atoms with Gasteiger partial charge in [-0.05, 0) is 43.5 Å². The summed E-state index contributed by atoms with van der Waals surface area (Å²) in [6, 6.07) is 4.53. The molecule has 0 saturated heterocycles. The number of hydrogen-bond donors (Lipinski definition) is 2. The molecule has 1 aromatic carbocycles. The number of aliphatic hydroxyl groups is 1. The van der Waals surface area contributed by atoms with Crippen molar-refractivity contribution >= 4 is 15.9 Å². The number of halogens is 2. The number of aliphatic hydroxyl groups excluding tert-OH is 1. The van der Waals surface area contributed by atoms with E-state index in [1.54, 1.807) is 13.0 Å². The summed E-state index contributed by atoms with van der Waals surface area (Å²) in [7, 11) is 0. The minimum atomic E-state index is -0.407. The summed E-state index contributed by atoms with van der Waals surface area (Å²) in [5, 5.41) is 9.32. The van der Waals surface area contributed by atoms with Crippen molar-refractivity contribution in [1.29, 1.82) is 0 Å². The summed E-state index contributed by atoms with van der Waals surface area (Å²) in [6.07, 6.45) is 0.177. The summed E-state index contributed by atoms with van der Waals surface area (Å²) in [6.45, 7) is 2.16. The predicted molar refractivity (Wildman–Crippen MR) is 62.2 cm³/mol. The lowest BCUT2D eigenvalue weighted by Crippen LogP contribution is -2.18. The SMILES string of the molecule is CC(O)CC(CN)c1ccc(F)cc1Br. The average Bonchev–Trinajstić information content (AvgIpc) is 2.14. The van der Waals surface area contributed by atoms with E-state index >= 15 is 0 Å². The van der Waals surface area contributed by atoms with Gasteiger partial charge in [0.2, 0.25) is 0 Å². The molecule has 4 heteroatoms. The Morgan fingerprint density at radius 3 is 2.67 bits per heavy atom. The Hall–Kier alpha value is -0.450. The van der Waals surface area contributed by atoms with Gasteiger partial charge in [-0.2, -0.15) is 0 Å². The number of rotatable bonds is 4. The van der Waals surface area contributed by atoms with Gasteiger partial charge in [0, 0.05) is 4.47 Å². The standard InChI is InChI=1S/C11H15BrFNO/c1-7(15)4-8(6-14)10-3-2-9(13)5-11(10)12/h2-3,5,7-8,15H,4,6,14H2,1H3. The first-order chi connectivity index (χ1) is 7.04. The molecular weight excluding hydrogens is 261 g/mol. The van der Waals surface area contributed by atoms with Crippen molar-refractivity contribution in [3.8, 4) is 0 Å². The molecule has 0 aliphatic carbocycles. The third kappa shape index (κ3) is 3.55. The maximum atomic E-state index is 12.9. The van der Waals surface area contributed by atoms with Crippen LogP contribution in [0.15, 0.2) is 22.7 Å². The van der Waals surface area contributed by atoms with Crippen molar-refractivity contribution in [3.05, 3.63) is 34.1 Å². The van der Waals surface area contributed by atoms with Gasteiger partial charge in [-0.15, -0.1) is 0 Å². The van der Waals surface area contributed by atoms with Crippen LogP contribution in [0.2, 0.25) is 0 Å². The first kappa shape index (κ1) is 12.6. The van der Waals surface area contributed by atoms with Crippen LogP contribution in [0.25, 0.3) is 0 Å². The molecule has 0 heterocycles. The van der Waals surface area contributed by atoms with E-state index in [9.17, 15) is 9.50 Å². The van der Waals surface area contributed by atoms with Crippen molar-refractivity contribution in [3.63, 3.8) is 0 Å². The van der Waals surface area contributed by atoms with E-state index in [0.29, 0.717) is 17.4 Å². The highest BCUT2D eigenvalue weighted by Crippen LogP contribution is 2.28. The van der Waals surface area contributed by atoms with Crippen LogP contribution < -0.4 is 5.73 Å². The van der Waals surface area contributed by atoms with Crippen LogP contribution in [0.4, 0.5) is 4.39 Å². The van der Waals surface area contributed by atoms with Crippen LogP contribution in [-0.2, 0) is 0 Å². The summed E-state index contributed by atoms with van der Waals surface area (Å²) in [4.78, 5) is 0. The maximum Gasteiger partial charge on any atom is 0.124 e. The van der Waals surface area contributed by atoms with Gasteiger partial charge in [-0.3, -0.25) is 0 Å². The first-order valence-electron chi connectivity index (χ1n) is 4.87. The predicted octanol–water partition coefficient (Wildman–Crippen LogP) is 2.40.